The molecule has 1 saturated heterocycles. The molecule has 1 fully saturated rings. The van der Waals surface area contributed by atoms with Gasteiger partial charge in [0, 0.05) is 6.54 Å². The van der Waals surface area contributed by atoms with Crippen LogP contribution in [-0.2, 0) is 9.53 Å². The Morgan fingerprint density at radius 1 is 1.53 bits per heavy atom. The van der Waals surface area contributed by atoms with E-state index < -0.39 is 12.1 Å². The van der Waals surface area contributed by atoms with Crippen LogP contribution in [0.1, 0.15) is 17.2 Å². The van der Waals surface area contributed by atoms with Crippen LogP contribution in [0.2, 0.25) is 0 Å². The molecule has 2 atom stereocenters. The summed E-state index contributed by atoms with van der Waals surface area (Å²) in [5.41, 5.74) is 7.90. The van der Waals surface area contributed by atoms with Gasteiger partial charge in [0.05, 0.1) is 19.2 Å². The topological polar surface area (TPSA) is 79.3 Å². The Bertz CT molecular complexity index is 492. The molecule has 1 amide bonds. The molecule has 100 valence electrons. The number of nitrogens with zero attached hydrogens (tertiary/aromatic N) is 2. The Morgan fingerprint density at radius 3 is 2.84 bits per heavy atom. The van der Waals surface area contributed by atoms with Gasteiger partial charge in [-0.2, -0.15) is 5.26 Å². The highest BCUT2D eigenvalue weighted by molar-refractivity contribution is 5.83. The Labute approximate surface area is 112 Å². The number of hydrogen-bond donors (Lipinski definition) is 1. The molecule has 1 aromatic rings. The average Bonchev–Trinajstić information content (AvgIpc) is 2.46. The number of nitrogens with two attached hydrogens (primary N) is 1. The lowest BCUT2D eigenvalue weighted by atomic mass is 10.0. The molecule has 2 rings (SSSR count). The number of amides is 1. The molecule has 0 bridgehead atoms. The van der Waals surface area contributed by atoms with Crippen molar-refractivity contribution in [1.29, 1.82) is 5.26 Å². The van der Waals surface area contributed by atoms with Gasteiger partial charge in [0.2, 0.25) is 5.91 Å². The van der Waals surface area contributed by atoms with Crippen molar-refractivity contribution in [2.24, 2.45) is 5.73 Å². The number of rotatable bonds is 2. The first-order valence-corrected chi connectivity index (χ1v) is 6.24. The van der Waals surface area contributed by atoms with Crippen molar-refractivity contribution >= 4 is 5.91 Å². The summed E-state index contributed by atoms with van der Waals surface area (Å²) in [4.78, 5) is 13.9. The van der Waals surface area contributed by atoms with E-state index in [-0.39, 0.29) is 12.5 Å². The van der Waals surface area contributed by atoms with Crippen molar-refractivity contribution in [3.8, 4) is 6.07 Å². The summed E-state index contributed by atoms with van der Waals surface area (Å²) >= 11 is 0. The summed E-state index contributed by atoms with van der Waals surface area (Å²) in [5, 5.41) is 8.83. The zero-order chi connectivity index (χ0) is 13.8. The van der Waals surface area contributed by atoms with Crippen molar-refractivity contribution in [1.82, 2.24) is 4.90 Å². The van der Waals surface area contributed by atoms with Crippen molar-refractivity contribution < 1.29 is 9.53 Å². The zero-order valence-electron chi connectivity index (χ0n) is 10.9. The number of aryl methyl sites for hydroxylation is 1. The monoisotopic (exact) mass is 259 g/mol. The Hall–Kier alpha value is -1.90. The molecule has 0 spiro atoms. The van der Waals surface area contributed by atoms with Crippen molar-refractivity contribution in [2.75, 3.05) is 19.7 Å². The molecular weight excluding hydrogens is 242 g/mol. The van der Waals surface area contributed by atoms with E-state index >= 15 is 0 Å². The molecule has 0 saturated carbocycles. The van der Waals surface area contributed by atoms with Crippen LogP contribution in [0.25, 0.3) is 0 Å². The fourth-order valence-corrected chi connectivity index (χ4v) is 2.04. The summed E-state index contributed by atoms with van der Waals surface area (Å²) in [6.45, 7) is 3.13. The highest BCUT2D eigenvalue weighted by atomic mass is 16.5. The molecule has 0 aromatic heterocycles. The lowest BCUT2D eigenvalue weighted by molar-refractivity contribution is -0.138. The lowest BCUT2D eigenvalue weighted by Gasteiger charge is -2.31. The summed E-state index contributed by atoms with van der Waals surface area (Å²) < 4.78 is 5.21. The summed E-state index contributed by atoms with van der Waals surface area (Å²) in [7, 11) is 0. The lowest BCUT2D eigenvalue weighted by Crippen LogP contribution is -2.48. The molecule has 0 radical (unpaired) electrons. The first-order valence-electron chi connectivity index (χ1n) is 6.24. The second kappa shape index (κ2) is 5.83. The summed E-state index contributed by atoms with van der Waals surface area (Å²) in [6, 6.07) is 8.92. The highest BCUT2D eigenvalue weighted by Gasteiger charge is 2.28. The SMILES string of the molecule is Cc1ccc(C(N)C(=O)N2CCOC(C#N)C2)cc1. The quantitative estimate of drug-likeness (QED) is 0.849. The first-order chi connectivity index (χ1) is 9.11. The molecule has 1 heterocycles. The van der Waals surface area contributed by atoms with Crippen LogP contribution >= 0.6 is 0 Å². The Kier molecular flexibility index (Phi) is 4.15. The largest absolute Gasteiger partial charge is 0.360 e. The number of carbonyl (C=O) groups is 1. The third kappa shape index (κ3) is 3.11. The van der Waals surface area contributed by atoms with Crippen LogP contribution < -0.4 is 5.73 Å². The molecule has 19 heavy (non-hydrogen) atoms. The first kappa shape index (κ1) is 13.5. The number of hydrogen-bond acceptors (Lipinski definition) is 4. The van der Waals surface area contributed by atoms with Gasteiger partial charge in [0.1, 0.15) is 6.04 Å². The minimum Gasteiger partial charge on any atom is -0.360 e. The fourth-order valence-electron chi connectivity index (χ4n) is 2.04. The highest BCUT2D eigenvalue weighted by Crippen LogP contribution is 2.16. The van der Waals surface area contributed by atoms with Crippen LogP contribution in [0.5, 0.6) is 0 Å². The maximum atomic E-state index is 12.3. The van der Waals surface area contributed by atoms with E-state index in [1.807, 2.05) is 37.3 Å². The molecule has 1 aromatic carbocycles. The fraction of sp³-hybridized carbons (Fsp3) is 0.429. The van der Waals surface area contributed by atoms with Gasteiger partial charge in [0.15, 0.2) is 6.10 Å². The molecule has 5 heteroatoms. The van der Waals surface area contributed by atoms with Crippen LogP contribution in [0.3, 0.4) is 0 Å². The van der Waals surface area contributed by atoms with Gasteiger partial charge in [-0.3, -0.25) is 4.79 Å². The van der Waals surface area contributed by atoms with Crippen LogP contribution in [0.4, 0.5) is 0 Å². The van der Waals surface area contributed by atoms with Crippen LogP contribution in [-0.4, -0.2) is 36.6 Å². The molecule has 0 aliphatic carbocycles. The van der Waals surface area contributed by atoms with E-state index in [4.69, 9.17) is 15.7 Å². The second-order valence-electron chi connectivity index (χ2n) is 4.66. The maximum Gasteiger partial charge on any atom is 0.244 e. The molecule has 2 unspecified atom stereocenters. The Balaban J connectivity index is 2.06. The predicted molar refractivity (Wildman–Crippen MR) is 70.0 cm³/mol. The summed E-state index contributed by atoms with van der Waals surface area (Å²) in [5.74, 6) is -0.160. The van der Waals surface area contributed by atoms with Crippen molar-refractivity contribution in [2.45, 2.75) is 19.1 Å². The van der Waals surface area contributed by atoms with Crippen LogP contribution in [0.15, 0.2) is 24.3 Å². The van der Waals surface area contributed by atoms with Gasteiger partial charge in [0.25, 0.3) is 0 Å². The van der Waals surface area contributed by atoms with E-state index in [1.54, 1.807) is 4.90 Å². The molecular formula is C14H17N3O2. The van der Waals surface area contributed by atoms with E-state index in [1.165, 1.54) is 0 Å². The number of benzene rings is 1. The number of ether oxygens (including phenoxy) is 1. The predicted octanol–water partition coefficient (Wildman–Crippen LogP) is 0.746. The molecule has 1 aliphatic rings. The number of nitriles is 1. The van der Waals surface area contributed by atoms with Gasteiger partial charge in [-0.1, -0.05) is 29.8 Å². The van der Waals surface area contributed by atoms with Crippen molar-refractivity contribution in [3.05, 3.63) is 35.4 Å². The molecule has 5 nitrogen and oxygen atoms in total. The minimum atomic E-state index is -0.682. The van der Waals surface area contributed by atoms with E-state index in [0.717, 1.165) is 11.1 Å². The van der Waals surface area contributed by atoms with E-state index in [0.29, 0.717) is 13.2 Å². The molecule has 1 aliphatic heterocycles. The Morgan fingerprint density at radius 2 is 2.21 bits per heavy atom. The standard InChI is InChI=1S/C14H17N3O2/c1-10-2-4-11(5-3-10)13(16)14(18)17-6-7-19-12(8-15)9-17/h2-5,12-13H,6-7,9,16H2,1H3. The van der Waals surface area contributed by atoms with Gasteiger partial charge >= 0.3 is 0 Å². The van der Waals surface area contributed by atoms with Gasteiger partial charge < -0.3 is 15.4 Å². The van der Waals surface area contributed by atoms with E-state index in [9.17, 15) is 4.79 Å². The van der Waals surface area contributed by atoms with Gasteiger partial charge in [-0.25, -0.2) is 0 Å². The van der Waals surface area contributed by atoms with Crippen LogP contribution in [0, 0.1) is 18.3 Å². The zero-order valence-corrected chi connectivity index (χ0v) is 10.9. The third-order valence-corrected chi connectivity index (χ3v) is 3.22. The van der Waals surface area contributed by atoms with Gasteiger partial charge in [-0.15, -0.1) is 0 Å². The minimum absolute atomic E-state index is 0.160. The number of morpholine rings is 1. The normalized spacial score (nSPS) is 20.7. The average molecular weight is 259 g/mol. The smallest absolute Gasteiger partial charge is 0.244 e. The third-order valence-electron chi connectivity index (χ3n) is 3.22. The molecule has 2 N–H and O–H groups in total. The summed E-state index contributed by atoms with van der Waals surface area (Å²) in [6.07, 6.45) is -0.553. The number of carbonyl (C=O) groups excluding carboxylic acids is 1. The van der Waals surface area contributed by atoms with Gasteiger partial charge in [-0.05, 0) is 12.5 Å². The second-order valence-corrected chi connectivity index (χ2v) is 4.66. The van der Waals surface area contributed by atoms with Crippen molar-refractivity contribution in [3.63, 3.8) is 0 Å². The van der Waals surface area contributed by atoms with E-state index in [2.05, 4.69) is 0 Å². The maximum absolute atomic E-state index is 12.3.